The van der Waals surface area contributed by atoms with Crippen molar-refractivity contribution in [3.8, 4) is 17.1 Å². The van der Waals surface area contributed by atoms with Crippen molar-refractivity contribution in [3.63, 3.8) is 0 Å². The highest BCUT2D eigenvalue weighted by Crippen LogP contribution is 2.60. The lowest BCUT2D eigenvalue weighted by atomic mass is 9.64. The van der Waals surface area contributed by atoms with Gasteiger partial charge in [-0.1, -0.05) is 54.0 Å². The topological polar surface area (TPSA) is 73.5 Å². The van der Waals surface area contributed by atoms with Crippen LogP contribution in [-0.2, 0) is 23.3 Å². The Hall–Kier alpha value is -3.55. The van der Waals surface area contributed by atoms with Crippen LogP contribution < -0.4 is 4.74 Å². The number of fused-ring (bicyclic) bond motifs is 2. The van der Waals surface area contributed by atoms with Gasteiger partial charge in [-0.25, -0.2) is 0 Å². The molecule has 1 aliphatic heterocycles. The molecule has 2 saturated carbocycles. The van der Waals surface area contributed by atoms with Crippen LogP contribution in [0.1, 0.15) is 48.4 Å². The third-order valence-corrected chi connectivity index (χ3v) is 8.92. The molecular weight excluding hydrogens is 488 g/mol. The zero-order chi connectivity index (χ0) is 26.1. The molecule has 39 heavy (non-hydrogen) atoms. The molecule has 4 aromatic rings. The van der Waals surface area contributed by atoms with Crippen molar-refractivity contribution in [2.75, 3.05) is 26.3 Å². The average Bonchev–Trinajstić information content (AvgIpc) is 3.75. The summed E-state index contributed by atoms with van der Waals surface area (Å²) in [5.41, 5.74) is 4.74. The molecule has 2 bridgehead atoms. The van der Waals surface area contributed by atoms with Crippen molar-refractivity contribution in [2.45, 2.75) is 44.2 Å². The van der Waals surface area contributed by atoms with Crippen LogP contribution in [0.2, 0.25) is 0 Å². The Kier molecular flexibility index (Phi) is 6.62. The minimum Gasteiger partial charge on any atom is -0.487 e. The summed E-state index contributed by atoms with van der Waals surface area (Å²) >= 11 is 0. The second kappa shape index (κ2) is 10.5. The van der Waals surface area contributed by atoms with Gasteiger partial charge in [0.25, 0.3) is 0 Å². The normalized spacial score (nSPS) is 24.7. The van der Waals surface area contributed by atoms with Gasteiger partial charge in [-0.2, -0.15) is 4.98 Å². The van der Waals surface area contributed by atoms with Gasteiger partial charge < -0.3 is 14.0 Å². The van der Waals surface area contributed by atoms with Gasteiger partial charge in [0.1, 0.15) is 12.4 Å². The summed E-state index contributed by atoms with van der Waals surface area (Å²) in [6.07, 6.45) is 6.96. The van der Waals surface area contributed by atoms with E-state index in [1.165, 1.54) is 36.8 Å². The summed E-state index contributed by atoms with van der Waals surface area (Å²) in [5, 5.41) is 4.28. The molecule has 0 spiro atoms. The lowest BCUT2D eigenvalue weighted by Crippen LogP contribution is -2.35. The molecule has 0 radical (unpaired) electrons. The number of ether oxygens (including phenoxy) is 2. The monoisotopic (exact) mass is 522 g/mol. The number of hydrogen-bond acceptors (Lipinski definition) is 7. The molecule has 7 nitrogen and oxygen atoms in total. The van der Waals surface area contributed by atoms with Gasteiger partial charge in [-0.05, 0) is 66.5 Å². The Morgan fingerprint density at radius 3 is 2.41 bits per heavy atom. The average molecular weight is 523 g/mol. The third kappa shape index (κ3) is 4.85. The third-order valence-electron chi connectivity index (χ3n) is 8.92. The molecular formula is C32H34N4O3. The second-order valence-corrected chi connectivity index (χ2v) is 11.2. The maximum absolute atomic E-state index is 6.03. The van der Waals surface area contributed by atoms with E-state index in [4.69, 9.17) is 14.0 Å². The SMILES string of the molecule is c1ccc(COc2ccc(C3(c4ccc(-c5noc(CN6CCOCC6)n5)cc4)CC4CCC3C4)cc2)nc1. The molecule has 3 unspecified atom stereocenters. The molecule has 1 saturated heterocycles. The molecule has 0 amide bonds. The molecule has 2 aromatic heterocycles. The van der Waals surface area contributed by atoms with E-state index in [1.807, 2.05) is 18.2 Å². The van der Waals surface area contributed by atoms with Crippen molar-refractivity contribution < 1.29 is 14.0 Å². The summed E-state index contributed by atoms with van der Waals surface area (Å²) in [6, 6.07) is 23.6. The second-order valence-electron chi connectivity index (χ2n) is 11.2. The first kappa shape index (κ1) is 24.5. The van der Waals surface area contributed by atoms with E-state index < -0.39 is 0 Å². The van der Waals surface area contributed by atoms with Crippen molar-refractivity contribution in [1.29, 1.82) is 0 Å². The first-order chi connectivity index (χ1) is 19.3. The number of rotatable bonds is 8. The fourth-order valence-electron chi connectivity index (χ4n) is 7.00. The highest BCUT2D eigenvalue weighted by Gasteiger charge is 2.52. The predicted molar refractivity (Wildman–Crippen MR) is 147 cm³/mol. The van der Waals surface area contributed by atoms with Crippen LogP contribution in [0, 0.1) is 11.8 Å². The number of morpholine rings is 1. The first-order valence-corrected chi connectivity index (χ1v) is 14.1. The summed E-state index contributed by atoms with van der Waals surface area (Å²) < 4.78 is 17.1. The molecule has 7 heteroatoms. The summed E-state index contributed by atoms with van der Waals surface area (Å²) in [7, 11) is 0. The predicted octanol–water partition coefficient (Wildman–Crippen LogP) is 5.65. The van der Waals surface area contributed by atoms with E-state index in [0.29, 0.717) is 30.8 Å². The van der Waals surface area contributed by atoms with E-state index in [-0.39, 0.29) is 5.41 Å². The number of nitrogens with zero attached hydrogens (tertiary/aromatic N) is 4. The molecule has 3 atom stereocenters. The Bertz CT molecular complexity index is 1380. The largest absolute Gasteiger partial charge is 0.487 e. The van der Waals surface area contributed by atoms with E-state index in [0.717, 1.165) is 49.2 Å². The molecule has 2 aromatic carbocycles. The first-order valence-electron chi connectivity index (χ1n) is 14.1. The maximum atomic E-state index is 6.03. The van der Waals surface area contributed by atoms with Gasteiger partial charge in [0.15, 0.2) is 0 Å². The lowest BCUT2D eigenvalue weighted by molar-refractivity contribution is 0.0297. The zero-order valence-electron chi connectivity index (χ0n) is 22.2. The maximum Gasteiger partial charge on any atom is 0.241 e. The van der Waals surface area contributed by atoms with E-state index >= 15 is 0 Å². The fourth-order valence-corrected chi connectivity index (χ4v) is 7.00. The van der Waals surface area contributed by atoms with Gasteiger partial charge in [-0.15, -0.1) is 0 Å². The molecule has 7 rings (SSSR count). The Labute approximate surface area is 229 Å². The van der Waals surface area contributed by atoms with Gasteiger partial charge in [-0.3, -0.25) is 9.88 Å². The molecule has 3 heterocycles. The summed E-state index contributed by atoms with van der Waals surface area (Å²) in [4.78, 5) is 11.3. The van der Waals surface area contributed by atoms with Crippen LogP contribution in [0.4, 0.5) is 0 Å². The zero-order valence-corrected chi connectivity index (χ0v) is 22.2. The molecule has 3 aliphatic rings. The minimum absolute atomic E-state index is 0.0414. The van der Waals surface area contributed by atoms with Gasteiger partial charge in [0, 0.05) is 30.3 Å². The standard InChI is InChI=1S/C32H34N4O3/c1-2-14-33-28(3-1)22-38-29-12-10-26(11-13-29)32(20-23-4-7-27(32)19-23)25-8-5-24(6-9-25)31-34-30(39-35-31)21-36-15-17-37-18-16-36/h1-3,5-6,8-14,23,27H,4,7,15-22H2. The van der Waals surface area contributed by atoms with Crippen molar-refractivity contribution in [2.24, 2.45) is 11.8 Å². The van der Waals surface area contributed by atoms with Gasteiger partial charge >= 0.3 is 0 Å². The van der Waals surface area contributed by atoms with E-state index in [9.17, 15) is 0 Å². The van der Waals surface area contributed by atoms with Crippen LogP contribution in [0.3, 0.4) is 0 Å². The number of hydrogen-bond donors (Lipinski definition) is 0. The number of aromatic nitrogens is 3. The fraction of sp³-hybridized carbons (Fsp3) is 0.406. The highest BCUT2D eigenvalue weighted by molar-refractivity contribution is 5.57. The van der Waals surface area contributed by atoms with E-state index in [1.54, 1.807) is 6.20 Å². The molecule has 200 valence electrons. The Balaban J connectivity index is 1.11. The van der Waals surface area contributed by atoms with Crippen molar-refractivity contribution in [3.05, 3.63) is 95.6 Å². The highest BCUT2D eigenvalue weighted by atomic mass is 16.5. The number of benzene rings is 2. The van der Waals surface area contributed by atoms with Crippen LogP contribution in [0.5, 0.6) is 5.75 Å². The van der Waals surface area contributed by atoms with Crippen molar-refractivity contribution in [1.82, 2.24) is 20.0 Å². The molecule has 3 fully saturated rings. The minimum atomic E-state index is 0.0414. The van der Waals surface area contributed by atoms with Gasteiger partial charge in [0.2, 0.25) is 11.7 Å². The smallest absolute Gasteiger partial charge is 0.241 e. The van der Waals surface area contributed by atoms with Crippen molar-refractivity contribution >= 4 is 0 Å². The van der Waals surface area contributed by atoms with Crippen LogP contribution >= 0.6 is 0 Å². The number of pyridine rings is 1. The van der Waals surface area contributed by atoms with Gasteiger partial charge in [0.05, 0.1) is 25.5 Å². The Morgan fingerprint density at radius 2 is 1.72 bits per heavy atom. The quantitative estimate of drug-likeness (QED) is 0.296. The van der Waals surface area contributed by atoms with Crippen LogP contribution in [0.25, 0.3) is 11.4 Å². The van der Waals surface area contributed by atoms with E-state index in [2.05, 4.69) is 68.6 Å². The van der Waals surface area contributed by atoms with Crippen LogP contribution in [-0.4, -0.2) is 46.3 Å². The Morgan fingerprint density at radius 1 is 0.923 bits per heavy atom. The van der Waals surface area contributed by atoms with Crippen LogP contribution in [0.15, 0.2) is 77.4 Å². The molecule has 2 aliphatic carbocycles. The summed E-state index contributed by atoms with van der Waals surface area (Å²) in [6.45, 7) is 4.45. The summed E-state index contributed by atoms with van der Waals surface area (Å²) in [5.74, 6) is 3.66. The lowest BCUT2D eigenvalue weighted by Gasteiger charge is -2.39. The molecule has 0 N–H and O–H groups in total.